The van der Waals surface area contributed by atoms with Crippen LogP contribution in [0.15, 0.2) is 88.6 Å². The van der Waals surface area contributed by atoms with Gasteiger partial charge >= 0.3 is 0 Å². The zero-order valence-electron chi connectivity index (χ0n) is 18.3. The molecule has 1 aromatic heterocycles. The molecule has 0 fully saturated rings. The van der Waals surface area contributed by atoms with E-state index >= 15 is 0 Å². The van der Waals surface area contributed by atoms with Crippen LogP contribution in [0.3, 0.4) is 0 Å². The van der Waals surface area contributed by atoms with E-state index in [0.717, 1.165) is 6.07 Å². The van der Waals surface area contributed by atoms with Crippen LogP contribution >= 0.6 is 0 Å². The van der Waals surface area contributed by atoms with Crippen LogP contribution < -0.4 is 15.6 Å². The predicted molar refractivity (Wildman–Crippen MR) is 127 cm³/mol. The third-order valence-electron chi connectivity index (χ3n) is 5.34. The summed E-state index contributed by atoms with van der Waals surface area (Å²) >= 11 is 0. The number of hydrogen-bond donors (Lipinski definition) is 2. The van der Waals surface area contributed by atoms with Crippen LogP contribution in [0.25, 0.3) is 5.69 Å². The van der Waals surface area contributed by atoms with E-state index in [0.29, 0.717) is 11.4 Å². The molecule has 1 heterocycles. The number of halogens is 1. The van der Waals surface area contributed by atoms with Gasteiger partial charge in [0.05, 0.1) is 22.0 Å². The van der Waals surface area contributed by atoms with Gasteiger partial charge in [0.1, 0.15) is 11.5 Å². The van der Waals surface area contributed by atoms with E-state index in [-0.39, 0.29) is 21.8 Å². The van der Waals surface area contributed by atoms with Crippen molar-refractivity contribution < 1.29 is 17.6 Å². The summed E-state index contributed by atoms with van der Waals surface area (Å²) in [6.07, 6.45) is 0. The average molecular weight is 481 g/mol. The maximum atomic E-state index is 13.8. The first-order chi connectivity index (χ1) is 16.2. The first-order valence-corrected chi connectivity index (χ1v) is 11.7. The van der Waals surface area contributed by atoms with E-state index in [9.17, 15) is 22.4 Å². The lowest BCUT2D eigenvalue weighted by Gasteiger charge is -2.09. The predicted octanol–water partition coefficient (Wildman–Crippen LogP) is 3.68. The number of anilines is 2. The topological polar surface area (TPSA) is 102 Å². The zero-order chi connectivity index (χ0) is 24.5. The third kappa shape index (κ3) is 4.35. The summed E-state index contributed by atoms with van der Waals surface area (Å²) in [5.74, 6) is -1.28. The molecule has 0 radical (unpaired) electrons. The molecule has 10 heteroatoms. The molecule has 0 aliphatic carbocycles. The maximum absolute atomic E-state index is 13.8. The van der Waals surface area contributed by atoms with Crippen molar-refractivity contribution in [2.24, 2.45) is 7.05 Å². The van der Waals surface area contributed by atoms with Crippen LogP contribution in [-0.4, -0.2) is 23.7 Å². The van der Waals surface area contributed by atoms with Crippen molar-refractivity contribution in [2.45, 2.75) is 11.8 Å². The monoisotopic (exact) mass is 480 g/mol. The number of aromatic nitrogens is 2. The number of carbonyl (C=O) groups excluding carboxylic acids is 1. The van der Waals surface area contributed by atoms with E-state index in [1.165, 1.54) is 47.1 Å². The second-order valence-electron chi connectivity index (χ2n) is 7.50. The van der Waals surface area contributed by atoms with Crippen LogP contribution in [0.2, 0.25) is 0 Å². The first-order valence-electron chi connectivity index (χ1n) is 10.2. The lowest BCUT2D eigenvalue weighted by Crippen LogP contribution is -2.23. The number of hydrogen-bond acceptors (Lipinski definition) is 4. The van der Waals surface area contributed by atoms with Gasteiger partial charge in [-0.05, 0) is 55.5 Å². The third-order valence-corrected chi connectivity index (χ3v) is 6.72. The van der Waals surface area contributed by atoms with Gasteiger partial charge in [-0.2, -0.15) is 0 Å². The Morgan fingerprint density at radius 3 is 2.18 bits per heavy atom. The Bertz CT molecular complexity index is 1530. The van der Waals surface area contributed by atoms with E-state index in [2.05, 4.69) is 10.0 Å². The highest BCUT2D eigenvalue weighted by molar-refractivity contribution is 7.92. The molecule has 0 atom stereocenters. The van der Waals surface area contributed by atoms with Gasteiger partial charge in [0.25, 0.3) is 21.5 Å². The summed E-state index contributed by atoms with van der Waals surface area (Å²) < 4.78 is 44.2. The van der Waals surface area contributed by atoms with Crippen molar-refractivity contribution in [3.8, 4) is 5.69 Å². The van der Waals surface area contributed by atoms with Gasteiger partial charge in [0.2, 0.25) is 0 Å². The Kier molecular flexibility index (Phi) is 6.08. The minimum atomic E-state index is -4.06. The fraction of sp³-hybridized carbons (Fsp3) is 0.0833. The molecule has 8 nitrogen and oxygen atoms in total. The van der Waals surface area contributed by atoms with Gasteiger partial charge < -0.3 is 5.32 Å². The smallest absolute Gasteiger partial charge is 0.295 e. The summed E-state index contributed by atoms with van der Waals surface area (Å²) in [7, 11) is -2.35. The highest BCUT2D eigenvalue weighted by atomic mass is 32.2. The quantitative estimate of drug-likeness (QED) is 0.440. The van der Waals surface area contributed by atoms with Crippen LogP contribution in [0.1, 0.15) is 16.1 Å². The molecule has 4 rings (SSSR count). The molecule has 0 bridgehead atoms. The van der Waals surface area contributed by atoms with Gasteiger partial charge in [-0.15, -0.1) is 0 Å². The minimum absolute atomic E-state index is 0.120. The summed E-state index contributed by atoms with van der Waals surface area (Å²) in [6, 6.07) is 19.5. The number of amides is 1. The normalized spacial score (nSPS) is 11.3. The summed E-state index contributed by atoms with van der Waals surface area (Å²) in [6.45, 7) is 1.71. The number of rotatable bonds is 6. The second kappa shape index (κ2) is 8.99. The molecular formula is C24H21FN4O4S. The van der Waals surface area contributed by atoms with Gasteiger partial charge in [-0.3, -0.25) is 19.0 Å². The van der Waals surface area contributed by atoms with Crippen LogP contribution in [-0.2, 0) is 17.1 Å². The van der Waals surface area contributed by atoms with Gasteiger partial charge in [-0.25, -0.2) is 17.5 Å². The van der Waals surface area contributed by atoms with E-state index in [4.69, 9.17) is 0 Å². The molecule has 2 N–H and O–H groups in total. The van der Waals surface area contributed by atoms with Crippen molar-refractivity contribution in [3.05, 3.63) is 106 Å². The standard InChI is InChI=1S/C24H21FN4O4S/c1-16-22(24(31)29(28(16)2)18-8-4-3-5-9-18)26-23(30)17-12-14-19(15-13-17)34(32,33)27-21-11-7-6-10-20(21)25/h3-15,27H,1-2H3,(H,26,30). The Hall–Kier alpha value is -4.18. The van der Waals surface area contributed by atoms with Crippen molar-refractivity contribution in [1.82, 2.24) is 9.36 Å². The van der Waals surface area contributed by atoms with E-state index in [1.54, 1.807) is 42.9 Å². The molecule has 3 aromatic carbocycles. The minimum Gasteiger partial charge on any atom is -0.316 e. The van der Waals surface area contributed by atoms with Crippen molar-refractivity contribution in [1.29, 1.82) is 0 Å². The lowest BCUT2D eigenvalue weighted by molar-refractivity contribution is 0.102. The summed E-state index contributed by atoms with van der Waals surface area (Å²) in [5.41, 5.74) is 0.894. The summed E-state index contributed by atoms with van der Waals surface area (Å²) in [5, 5.41) is 2.62. The number of nitrogens with zero attached hydrogens (tertiary/aromatic N) is 2. The molecule has 174 valence electrons. The van der Waals surface area contributed by atoms with Crippen LogP contribution in [0.4, 0.5) is 15.8 Å². The number of carbonyl (C=O) groups is 1. The largest absolute Gasteiger partial charge is 0.316 e. The first kappa shape index (κ1) is 23.0. The molecule has 0 saturated carbocycles. The molecule has 0 spiro atoms. The molecule has 4 aromatic rings. The van der Waals surface area contributed by atoms with Gasteiger partial charge in [0.15, 0.2) is 0 Å². The lowest BCUT2D eigenvalue weighted by atomic mass is 10.2. The van der Waals surface area contributed by atoms with Crippen LogP contribution in [0.5, 0.6) is 0 Å². The number of para-hydroxylation sites is 2. The molecule has 0 aliphatic rings. The Morgan fingerprint density at radius 2 is 1.53 bits per heavy atom. The Balaban J connectivity index is 1.56. The maximum Gasteiger partial charge on any atom is 0.295 e. The van der Waals surface area contributed by atoms with Crippen molar-refractivity contribution in [2.75, 3.05) is 10.0 Å². The Labute approximate surface area is 195 Å². The molecule has 0 unspecified atom stereocenters. The zero-order valence-corrected chi connectivity index (χ0v) is 19.1. The molecule has 34 heavy (non-hydrogen) atoms. The number of sulfonamides is 1. The fourth-order valence-corrected chi connectivity index (χ4v) is 4.50. The molecule has 0 saturated heterocycles. The SMILES string of the molecule is Cc1c(NC(=O)c2ccc(S(=O)(=O)Nc3ccccc3F)cc2)c(=O)n(-c2ccccc2)n1C. The molecule has 1 amide bonds. The second-order valence-corrected chi connectivity index (χ2v) is 9.18. The summed E-state index contributed by atoms with van der Waals surface area (Å²) in [4.78, 5) is 25.6. The number of benzene rings is 3. The van der Waals surface area contributed by atoms with Crippen molar-refractivity contribution >= 4 is 27.3 Å². The number of nitrogens with one attached hydrogen (secondary N) is 2. The highest BCUT2D eigenvalue weighted by Gasteiger charge is 2.20. The van der Waals surface area contributed by atoms with Crippen LogP contribution in [0, 0.1) is 12.7 Å². The van der Waals surface area contributed by atoms with Gasteiger partial charge in [-0.1, -0.05) is 30.3 Å². The van der Waals surface area contributed by atoms with Gasteiger partial charge in [0, 0.05) is 12.6 Å². The van der Waals surface area contributed by atoms with E-state index < -0.39 is 27.3 Å². The van der Waals surface area contributed by atoms with Crippen molar-refractivity contribution in [3.63, 3.8) is 0 Å². The van der Waals surface area contributed by atoms with E-state index in [1.807, 2.05) is 6.07 Å². The molecular weight excluding hydrogens is 459 g/mol. The average Bonchev–Trinajstić information content (AvgIpc) is 3.04. The fourth-order valence-electron chi connectivity index (χ4n) is 3.43. The highest BCUT2D eigenvalue weighted by Crippen LogP contribution is 2.20. The molecule has 0 aliphatic heterocycles. The Morgan fingerprint density at radius 1 is 0.912 bits per heavy atom.